The van der Waals surface area contributed by atoms with Crippen molar-refractivity contribution in [2.45, 2.75) is 6.92 Å². The Morgan fingerprint density at radius 2 is 2.15 bits per heavy atom. The topological polar surface area (TPSA) is 95.5 Å². The fraction of sp³-hybridized carbons (Fsp3) is 0.750. The molecular weight excluding hydrogens is 229 g/mol. The van der Waals surface area contributed by atoms with E-state index >= 15 is 0 Å². The number of hydrogen-bond donors (Lipinski definition) is 1. The third-order valence-corrected chi connectivity index (χ3v) is 2.11. The van der Waals surface area contributed by atoms with Gasteiger partial charge in [-0.15, -0.1) is 0 Å². The predicted octanol–water partition coefficient (Wildman–Crippen LogP) is -3.75. The van der Waals surface area contributed by atoms with E-state index in [4.69, 9.17) is 0 Å². The van der Waals surface area contributed by atoms with Crippen LogP contribution in [0.1, 0.15) is 6.92 Å². The molecule has 6 nitrogen and oxygen atoms in total. The normalized spacial score (nSPS) is 10.3. The van der Waals surface area contributed by atoms with Crippen LogP contribution in [0.2, 0.25) is 0 Å². The van der Waals surface area contributed by atoms with Crippen molar-refractivity contribution in [2.75, 3.05) is 12.3 Å². The van der Waals surface area contributed by atoms with Gasteiger partial charge in [0.1, 0.15) is 0 Å². The SMILES string of the molecule is CC(=O)NCCSOS(=O)(=O)[O-].[Na+]. The van der Waals surface area contributed by atoms with Gasteiger partial charge in [-0.1, -0.05) is 0 Å². The second kappa shape index (κ2) is 8.04. The summed E-state index contributed by atoms with van der Waals surface area (Å²) in [6.45, 7) is 1.59. The molecule has 9 heteroatoms. The first-order valence-electron chi connectivity index (χ1n) is 2.93. The molecule has 13 heavy (non-hydrogen) atoms. The van der Waals surface area contributed by atoms with Crippen LogP contribution in [0.25, 0.3) is 0 Å². The van der Waals surface area contributed by atoms with Crippen LogP contribution in [0.3, 0.4) is 0 Å². The minimum absolute atomic E-state index is 0. The third kappa shape index (κ3) is 15.4. The molecule has 0 radical (unpaired) electrons. The zero-order valence-corrected chi connectivity index (χ0v) is 10.9. The number of amides is 1. The molecule has 1 N–H and O–H groups in total. The molecule has 0 aromatic heterocycles. The average Bonchev–Trinajstić information content (AvgIpc) is 1.83. The molecule has 0 spiro atoms. The molecule has 0 aliphatic carbocycles. The number of carbonyl (C=O) groups excluding carboxylic acids is 1. The van der Waals surface area contributed by atoms with Crippen LogP contribution in [0.4, 0.5) is 0 Å². The minimum atomic E-state index is -4.62. The molecular formula is C4H8NNaO5S2. The molecule has 0 heterocycles. The Balaban J connectivity index is 0. The van der Waals surface area contributed by atoms with Crippen molar-refractivity contribution < 1.29 is 51.0 Å². The van der Waals surface area contributed by atoms with Gasteiger partial charge in [-0.25, -0.2) is 12.0 Å². The molecule has 0 fully saturated rings. The summed E-state index contributed by atoms with van der Waals surface area (Å²) < 4.78 is 33.3. The second-order valence-electron chi connectivity index (χ2n) is 1.78. The van der Waals surface area contributed by atoms with E-state index in [1.165, 1.54) is 6.92 Å². The van der Waals surface area contributed by atoms with Crippen molar-refractivity contribution >= 4 is 28.3 Å². The van der Waals surface area contributed by atoms with Crippen LogP contribution in [0.5, 0.6) is 0 Å². The van der Waals surface area contributed by atoms with Gasteiger partial charge in [0.2, 0.25) is 16.3 Å². The molecule has 0 aliphatic heterocycles. The van der Waals surface area contributed by atoms with Crippen LogP contribution in [0, 0.1) is 0 Å². The monoisotopic (exact) mass is 237 g/mol. The molecule has 0 saturated heterocycles. The molecule has 0 rings (SSSR count). The van der Waals surface area contributed by atoms with E-state index in [-0.39, 0.29) is 47.8 Å². The summed E-state index contributed by atoms with van der Waals surface area (Å²) in [5.41, 5.74) is 0. The van der Waals surface area contributed by atoms with Crippen molar-refractivity contribution in [2.24, 2.45) is 0 Å². The summed E-state index contributed by atoms with van der Waals surface area (Å²) in [5.74, 6) is -0.0123. The summed E-state index contributed by atoms with van der Waals surface area (Å²) in [4.78, 5) is 10.3. The van der Waals surface area contributed by atoms with Gasteiger partial charge in [-0.2, -0.15) is 0 Å². The fourth-order valence-electron chi connectivity index (χ4n) is 0.362. The minimum Gasteiger partial charge on any atom is -0.725 e. The Bertz CT molecular complexity index is 241. The fourth-order valence-corrected chi connectivity index (χ4v) is 1.29. The maximum Gasteiger partial charge on any atom is 1.00 e. The molecule has 1 amide bonds. The first-order chi connectivity index (χ1) is 5.42. The van der Waals surface area contributed by atoms with Crippen LogP contribution in [-0.4, -0.2) is 31.2 Å². The molecule has 0 bridgehead atoms. The summed E-state index contributed by atoms with van der Waals surface area (Å²) >= 11 is 0.487. The molecule has 0 unspecified atom stereocenters. The van der Waals surface area contributed by atoms with Crippen LogP contribution in [-0.2, 0) is 18.8 Å². The smallest absolute Gasteiger partial charge is 0.725 e. The van der Waals surface area contributed by atoms with Gasteiger partial charge >= 0.3 is 29.6 Å². The number of hydrogen-bond acceptors (Lipinski definition) is 6. The number of rotatable bonds is 5. The summed E-state index contributed by atoms with van der Waals surface area (Å²) in [5, 5.41) is 2.40. The largest absolute Gasteiger partial charge is 1.00 e. The first kappa shape index (κ1) is 16.1. The standard InChI is InChI=1S/C4H9NO5S2.Na/c1-4(6)5-2-3-11-10-12(7,8)9;/h2-3H2,1H3,(H,5,6)(H,7,8,9);/q;+1/p-1. The van der Waals surface area contributed by atoms with E-state index in [0.29, 0.717) is 12.0 Å². The van der Waals surface area contributed by atoms with Crippen molar-refractivity contribution in [3.63, 3.8) is 0 Å². The van der Waals surface area contributed by atoms with E-state index in [1.54, 1.807) is 0 Å². The summed E-state index contributed by atoms with van der Waals surface area (Å²) in [7, 11) is -4.62. The van der Waals surface area contributed by atoms with Crippen LogP contribution < -0.4 is 34.9 Å². The zero-order chi connectivity index (χ0) is 9.61. The third-order valence-electron chi connectivity index (χ3n) is 0.691. The van der Waals surface area contributed by atoms with Gasteiger partial charge in [0, 0.05) is 31.3 Å². The summed E-state index contributed by atoms with van der Waals surface area (Å²) in [6.07, 6.45) is 0. The van der Waals surface area contributed by atoms with Gasteiger partial charge in [-0.3, -0.25) is 4.79 Å². The Labute approximate surface area is 103 Å². The van der Waals surface area contributed by atoms with Gasteiger partial charge in [0.15, 0.2) is 0 Å². The van der Waals surface area contributed by atoms with E-state index in [2.05, 4.69) is 8.95 Å². The van der Waals surface area contributed by atoms with Gasteiger partial charge in [0.25, 0.3) is 0 Å². The van der Waals surface area contributed by atoms with Crippen molar-refractivity contribution in [3.05, 3.63) is 0 Å². The molecule has 0 aromatic carbocycles. The molecule has 0 aromatic rings. The predicted molar refractivity (Wildman–Crippen MR) is 41.9 cm³/mol. The Morgan fingerprint density at radius 3 is 2.54 bits per heavy atom. The Morgan fingerprint density at radius 1 is 1.62 bits per heavy atom. The van der Waals surface area contributed by atoms with Crippen LogP contribution in [0.15, 0.2) is 0 Å². The molecule has 72 valence electrons. The maximum atomic E-state index is 10.3. The Kier molecular flexibility index (Phi) is 9.97. The quantitative estimate of drug-likeness (QED) is 0.173. The number of carbonyl (C=O) groups is 1. The number of nitrogens with one attached hydrogen (secondary N) is 1. The molecule has 0 atom stereocenters. The molecule has 0 aliphatic rings. The second-order valence-corrected chi connectivity index (χ2v) is 3.79. The van der Waals surface area contributed by atoms with E-state index in [1.807, 2.05) is 0 Å². The van der Waals surface area contributed by atoms with E-state index in [0.717, 1.165) is 0 Å². The van der Waals surface area contributed by atoms with Crippen molar-refractivity contribution in [3.8, 4) is 0 Å². The molecule has 0 saturated carbocycles. The average molecular weight is 237 g/mol. The maximum absolute atomic E-state index is 10.3. The van der Waals surface area contributed by atoms with E-state index < -0.39 is 10.4 Å². The van der Waals surface area contributed by atoms with Gasteiger partial charge in [0.05, 0.1) is 0 Å². The van der Waals surface area contributed by atoms with Crippen molar-refractivity contribution in [1.29, 1.82) is 0 Å². The Hall–Kier alpha value is 0.690. The zero-order valence-electron chi connectivity index (χ0n) is 7.27. The van der Waals surface area contributed by atoms with Crippen molar-refractivity contribution in [1.82, 2.24) is 5.32 Å². The van der Waals surface area contributed by atoms with Gasteiger partial charge < -0.3 is 9.87 Å². The van der Waals surface area contributed by atoms with E-state index in [9.17, 15) is 17.8 Å². The van der Waals surface area contributed by atoms with Crippen LogP contribution >= 0.6 is 12.0 Å². The first-order valence-corrected chi connectivity index (χ1v) is 5.17. The van der Waals surface area contributed by atoms with Gasteiger partial charge in [-0.05, 0) is 0 Å². The summed E-state index contributed by atoms with van der Waals surface area (Å²) in [6, 6.07) is 0.